The molecule has 25 heavy (non-hydrogen) atoms. The smallest absolute Gasteiger partial charge is 0.227 e. The fourth-order valence-corrected chi connectivity index (χ4v) is 3.68. The Bertz CT molecular complexity index is 671. The molecule has 2 heterocycles. The van der Waals surface area contributed by atoms with Crippen molar-refractivity contribution in [3.05, 3.63) is 29.8 Å². The first-order valence-electron chi connectivity index (χ1n) is 8.94. The maximum absolute atomic E-state index is 12.6. The molecule has 2 aliphatic rings. The van der Waals surface area contributed by atoms with Gasteiger partial charge in [-0.05, 0) is 43.9 Å². The number of anilines is 1. The van der Waals surface area contributed by atoms with E-state index in [-0.39, 0.29) is 29.7 Å². The second-order valence-electron chi connectivity index (χ2n) is 7.06. The molecule has 3 amide bonds. The lowest BCUT2D eigenvalue weighted by molar-refractivity contribution is -0.137. The molecular weight excluding hydrogens is 318 g/mol. The minimum absolute atomic E-state index is 0.0171. The lowest BCUT2D eigenvalue weighted by Crippen LogP contribution is -2.49. The van der Waals surface area contributed by atoms with Gasteiger partial charge >= 0.3 is 0 Å². The molecule has 0 saturated carbocycles. The Morgan fingerprint density at radius 3 is 2.52 bits per heavy atom. The minimum atomic E-state index is -0.329. The third kappa shape index (κ3) is 3.83. The van der Waals surface area contributed by atoms with Crippen LogP contribution < -0.4 is 10.6 Å². The van der Waals surface area contributed by atoms with Crippen LogP contribution in [0, 0.1) is 5.92 Å². The first-order chi connectivity index (χ1) is 12.0. The zero-order valence-electron chi connectivity index (χ0n) is 14.6. The maximum atomic E-state index is 12.6. The predicted octanol–water partition coefficient (Wildman–Crippen LogP) is 1.47. The normalized spacial score (nSPS) is 23.8. The predicted molar refractivity (Wildman–Crippen MR) is 94.8 cm³/mol. The number of carbonyl (C=O) groups excluding carboxylic acids is 3. The number of piperidine rings is 1. The lowest BCUT2D eigenvalue weighted by atomic mass is 9.92. The highest BCUT2D eigenvalue weighted by Crippen LogP contribution is 2.24. The molecule has 134 valence electrons. The van der Waals surface area contributed by atoms with Gasteiger partial charge in [0, 0.05) is 31.2 Å². The highest BCUT2D eigenvalue weighted by molar-refractivity contribution is 5.95. The molecule has 6 nitrogen and oxygen atoms in total. The molecule has 0 spiro atoms. The van der Waals surface area contributed by atoms with Crippen LogP contribution in [-0.2, 0) is 20.8 Å². The van der Waals surface area contributed by atoms with E-state index in [4.69, 9.17) is 5.73 Å². The third-order valence-corrected chi connectivity index (χ3v) is 5.28. The zero-order chi connectivity index (χ0) is 18.0. The molecular formula is C19H25N3O3. The molecule has 2 N–H and O–H groups in total. The molecule has 6 heteroatoms. The highest BCUT2D eigenvalue weighted by Gasteiger charge is 2.31. The van der Waals surface area contributed by atoms with Crippen molar-refractivity contribution >= 4 is 23.4 Å². The van der Waals surface area contributed by atoms with E-state index in [1.807, 2.05) is 31.2 Å². The number of hydrogen-bond acceptors (Lipinski definition) is 3. The highest BCUT2D eigenvalue weighted by atomic mass is 16.2. The number of amides is 3. The topological polar surface area (TPSA) is 83.7 Å². The fourth-order valence-electron chi connectivity index (χ4n) is 3.68. The van der Waals surface area contributed by atoms with E-state index in [9.17, 15) is 14.4 Å². The lowest BCUT2D eigenvalue weighted by Gasteiger charge is -2.37. The van der Waals surface area contributed by atoms with Gasteiger partial charge in [0.15, 0.2) is 0 Å². The SMILES string of the molecule is CC1CCC(C(N)=O)CN1C(=O)Cc1ccc(N2CCCC2=O)cc1. The molecule has 0 radical (unpaired) electrons. The number of nitrogens with two attached hydrogens (primary N) is 1. The number of carbonyl (C=O) groups is 3. The summed E-state index contributed by atoms with van der Waals surface area (Å²) in [6, 6.07) is 7.73. The average molecular weight is 343 g/mol. The quantitative estimate of drug-likeness (QED) is 0.898. The van der Waals surface area contributed by atoms with E-state index in [1.54, 1.807) is 9.80 Å². The summed E-state index contributed by atoms with van der Waals surface area (Å²) in [6.07, 6.45) is 3.35. The number of likely N-dealkylation sites (tertiary alicyclic amines) is 1. The number of rotatable bonds is 4. The largest absolute Gasteiger partial charge is 0.369 e. The summed E-state index contributed by atoms with van der Waals surface area (Å²) in [4.78, 5) is 39.4. The van der Waals surface area contributed by atoms with E-state index in [0.29, 0.717) is 19.4 Å². The van der Waals surface area contributed by atoms with Crippen molar-refractivity contribution in [2.45, 2.75) is 45.1 Å². The fraction of sp³-hybridized carbons (Fsp3) is 0.526. The van der Waals surface area contributed by atoms with Crippen LogP contribution in [0.4, 0.5) is 5.69 Å². The molecule has 2 unspecified atom stereocenters. The van der Waals surface area contributed by atoms with Gasteiger partial charge in [0.1, 0.15) is 0 Å². The van der Waals surface area contributed by atoms with E-state index >= 15 is 0 Å². The number of hydrogen-bond donors (Lipinski definition) is 1. The summed E-state index contributed by atoms with van der Waals surface area (Å²) in [6.45, 7) is 3.18. The number of primary amides is 1. The number of benzene rings is 1. The van der Waals surface area contributed by atoms with Crippen molar-refractivity contribution in [1.29, 1.82) is 0 Å². The van der Waals surface area contributed by atoms with Crippen molar-refractivity contribution in [3.8, 4) is 0 Å². The van der Waals surface area contributed by atoms with E-state index in [0.717, 1.165) is 37.1 Å². The number of nitrogens with zero attached hydrogens (tertiary/aromatic N) is 2. The van der Waals surface area contributed by atoms with Gasteiger partial charge in [-0.25, -0.2) is 0 Å². The molecule has 3 rings (SSSR count). The zero-order valence-corrected chi connectivity index (χ0v) is 14.6. The van der Waals surface area contributed by atoms with Gasteiger partial charge in [0.25, 0.3) is 0 Å². The molecule has 0 aliphatic carbocycles. The van der Waals surface area contributed by atoms with Crippen LogP contribution in [0.2, 0.25) is 0 Å². The summed E-state index contributed by atoms with van der Waals surface area (Å²) in [5.41, 5.74) is 7.20. The Labute approximate surface area is 148 Å². The molecule has 1 aromatic carbocycles. The first-order valence-corrected chi connectivity index (χ1v) is 8.94. The summed E-state index contributed by atoms with van der Waals surface area (Å²) in [7, 11) is 0. The van der Waals surface area contributed by atoms with E-state index < -0.39 is 0 Å². The third-order valence-electron chi connectivity index (χ3n) is 5.28. The summed E-state index contributed by atoms with van der Waals surface area (Å²) in [5, 5.41) is 0. The van der Waals surface area contributed by atoms with Crippen LogP contribution >= 0.6 is 0 Å². The molecule has 0 bridgehead atoms. The monoisotopic (exact) mass is 343 g/mol. The maximum Gasteiger partial charge on any atom is 0.227 e. The Balaban J connectivity index is 1.64. The van der Waals surface area contributed by atoms with Gasteiger partial charge < -0.3 is 15.5 Å². The second-order valence-corrected chi connectivity index (χ2v) is 7.06. The minimum Gasteiger partial charge on any atom is -0.369 e. The summed E-state index contributed by atoms with van der Waals surface area (Å²) in [5.74, 6) is -0.403. The Morgan fingerprint density at radius 1 is 1.20 bits per heavy atom. The molecule has 2 aliphatic heterocycles. The molecule has 0 aromatic heterocycles. The van der Waals surface area contributed by atoms with Crippen LogP contribution in [0.1, 0.15) is 38.2 Å². The van der Waals surface area contributed by atoms with Crippen LogP contribution in [0.3, 0.4) is 0 Å². The van der Waals surface area contributed by atoms with Crippen molar-refractivity contribution in [2.24, 2.45) is 11.7 Å². The second kappa shape index (κ2) is 7.25. The van der Waals surface area contributed by atoms with E-state index in [2.05, 4.69) is 0 Å². The van der Waals surface area contributed by atoms with Gasteiger partial charge in [-0.3, -0.25) is 14.4 Å². The molecule has 2 fully saturated rings. The molecule has 2 saturated heterocycles. The van der Waals surface area contributed by atoms with Crippen molar-refractivity contribution in [2.75, 3.05) is 18.0 Å². The van der Waals surface area contributed by atoms with Gasteiger partial charge in [-0.1, -0.05) is 12.1 Å². The van der Waals surface area contributed by atoms with Crippen LogP contribution in [-0.4, -0.2) is 41.8 Å². The van der Waals surface area contributed by atoms with E-state index in [1.165, 1.54) is 0 Å². The van der Waals surface area contributed by atoms with Crippen molar-refractivity contribution < 1.29 is 14.4 Å². The van der Waals surface area contributed by atoms with Crippen LogP contribution in [0.15, 0.2) is 24.3 Å². The van der Waals surface area contributed by atoms with Crippen LogP contribution in [0.5, 0.6) is 0 Å². The van der Waals surface area contributed by atoms with Gasteiger partial charge in [0.2, 0.25) is 17.7 Å². The van der Waals surface area contributed by atoms with Crippen molar-refractivity contribution in [1.82, 2.24) is 4.90 Å². The van der Waals surface area contributed by atoms with Gasteiger partial charge in [0.05, 0.1) is 12.3 Å². The Morgan fingerprint density at radius 2 is 1.92 bits per heavy atom. The summed E-state index contributed by atoms with van der Waals surface area (Å²) >= 11 is 0. The average Bonchev–Trinajstić information content (AvgIpc) is 3.01. The van der Waals surface area contributed by atoms with Gasteiger partial charge in [-0.2, -0.15) is 0 Å². The standard InChI is InChI=1S/C19H25N3O3/c1-13-4-7-15(19(20)25)12-22(13)18(24)11-14-5-8-16(9-6-14)21-10-2-3-17(21)23/h5-6,8-9,13,15H,2-4,7,10-12H2,1H3,(H2,20,25). The Hall–Kier alpha value is -2.37. The Kier molecular flexibility index (Phi) is 5.06. The first kappa shape index (κ1) is 17.5. The van der Waals surface area contributed by atoms with Crippen LogP contribution in [0.25, 0.3) is 0 Å². The summed E-state index contributed by atoms with van der Waals surface area (Å²) < 4.78 is 0. The van der Waals surface area contributed by atoms with Gasteiger partial charge in [-0.15, -0.1) is 0 Å². The molecule has 1 aromatic rings. The van der Waals surface area contributed by atoms with Crippen molar-refractivity contribution in [3.63, 3.8) is 0 Å². The molecule has 2 atom stereocenters.